The molecule has 2 aliphatic heterocycles. The van der Waals surface area contributed by atoms with Gasteiger partial charge in [-0.3, -0.25) is 15.5 Å². The largest absolute Gasteiger partial charge is 0.436 e. The van der Waals surface area contributed by atoms with E-state index >= 15 is 0 Å². The van der Waals surface area contributed by atoms with Gasteiger partial charge in [-0.05, 0) is 48.1 Å². The number of halogens is 3. The van der Waals surface area contributed by atoms with Crippen LogP contribution in [0.1, 0.15) is 44.0 Å². The number of pyridine rings is 1. The summed E-state index contributed by atoms with van der Waals surface area (Å²) in [6, 6.07) is 4.46. The average molecular weight is 495 g/mol. The Morgan fingerprint density at radius 1 is 1.23 bits per heavy atom. The summed E-state index contributed by atoms with van der Waals surface area (Å²) < 4.78 is 44.1. The van der Waals surface area contributed by atoms with Gasteiger partial charge in [0.25, 0.3) is 5.90 Å². The van der Waals surface area contributed by atoms with Crippen molar-refractivity contribution in [3.8, 4) is 0 Å². The highest BCUT2D eigenvalue weighted by atomic mass is 19.4. The molecular formula is C23H29F3N6O3. The van der Waals surface area contributed by atoms with Crippen molar-refractivity contribution in [1.29, 1.82) is 0 Å². The van der Waals surface area contributed by atoms with Crippen LogP contribution >= 0.6 is 0 Å². The fourth-order valence-corrected chi connectivity index (χ4v) is 4.08. The lowest BCUT2D eigenvalue weighted by molar-refractivity contribution is -0.127. The van der Waals surface area contributed by atoms with Crippen molar-refractivity contribution in [2.45, 2.75) is 64.2 Å². The second-order valence-corrected chi connectivity index (χ2v) is 9.86. The fraction of sp³-hybridized carbons (Fsp3) is 0.522. The Kier molecular flexibility index (Phi) is 6.54. The van der Waals surface area contributed by atoms with Gasteiger partial charge in [0.2, 0.25) is 12.3 Å². The monoisotopic (exact) mass is 494 g/mol. The summed E-state index contributed by atoms with van der Waals surface area (Å²) in [6.45, 7) is 6.82. The number of nitrogens with zero attached hydrogens (tertiary/aromatic N) is 2. The first-order chi connectivity index (χ1) is 16.3. The van der Waals surface area contributed by atoms with E-state index in [0.29, 0.717) is 16.9 Å². The molecule has 3 atom stereocenters. The molecular weight excluding hydrogens is 465 g/mol. The summed E-state index contributed by atoms with van der Waals surface area (Å²) in [7, 11) is 0. The minimum Gasteiger partial charge on any atom is -0.436 e. The number of aliphatic hydroxyl groups is 1. The number of fused-ring (bicyclic) bond motifs is 1. The molecule has 35 heavy (non-hydrogen) atoms. The van der Waals surface area contributed by atoms with Crippen LogP contribution < -0.4 is 21.4 Å². The SMILES string of the molecule is Cc1cc(C2=NNC(N[C@@H]3C[C@H](O)CNC3=O)O2)nc2c(C(C)(C)C)cc(NCC(F)(F)F)cc12. The van der Waals surface area contributed by atoms with Crippen molar-refractivity contribution >= 4 is 28.4 Å². The third-order valence-corrected chi connectivity index (χ3v) is 5.84. The molecule has 5 N–H and O–H groups in total. The maximum atomic E-state index is 12.8. The predicted molar refractivity (Wildman–Crippen MR) is 125 cm³/mol. The van der Waals surface area contributed by atoms with Crippen LogP contribution in [0.3, 0.4) is 0 Å². The number of hydrogen-bond acceptors (Lipinski definition) is 8. The standard InChI is InChI=1S/C23H29F3N6O3/c1-11-5-17(20-31-32-21(35-20)30-16-8-13(33)9-27-19(16)34)29-18-14(11)6-12(28-10-23(24,25)26)7-15(18)22(2,3)4/h5-7,13,16,21,28,30,32-33H,8-10H2,1-4H3,(H,27,34)/t13-,16+,21?/m0/s1. The Balaban J connectivity index is 1.60. The summed E-state index contributed by atoms with van der Waals surface area (Å²) in [5, 5.41) is 22.8. The van der Waals surface area contributed by atoms with Crippen molar-refractivity contribution in [3.05, 3.63) is 35.0 Å². The van der Waals surface area contributed by atoms with E-state index < -0.39 is 36.6 Å². The molecule has 0 radical (unpaired) electrons. The summed E-state index contributed by atoms with van der Waals surface area (Å²) in [5.41, 5.74) is 5.40. The molecule has 1 unspecified atom stereocenters. The number of nitrogens with one attached hydrogen (secondary N) is 4. The number of aryl methyl sites for hydroxylation is 1. The molecule has 3 heterocycles. The van der Waals surface area contributed by atoms with Crippen molar-refractivity contribution in [2.75, 3.05) is 18.4 Å². The number of benzene rings is 1. The first-order valence-corrected chi connectivity index (χ1v) is 11.3. The van der Waals surface area contributed by atoms with Crippen LogP contribution in [-0.4, -0.2) is 59.7 Å². The van der Waals surface area contributed by atoms with Crippen molar-refractivity contribution < 1.29 is 27.8 Å². The van der Waals surface area contributed by atoms with Gasteiger partial charge in [-0.25, -0.2) is 4.98 Å². The number of anilines is 1. The van der Waals surface area contributed by atoms with Crippen LogP contribution in [0.2, 0.25) is 0 Å². The van der Waals surface area contributed by atoms with Crippen molar-refractivity contribution in [3.63, 3.8) is 0 Å². The van der Waals surface area contributed by atoms with E-state index in [2.05, 4.69) is 26.5 Å². The zero-order valence-corrected chi connectivity index (χ0v) is 19.9. The van der Waals surface area contributed by atoms with E-state index in [1.54, 1.807) is 18.2 Å². The Hall–Kier alpha value is -3.12. The summed E-state index contributed by atoms with van der Waals surface area (Å²) in [4.78, 5) is 16.8. The smallest absolute Gasteiger partial charge is 0.405 e. The van der Waals surface area contributed by atoms with Crippen LogP contribution in [0, 0.1) is 6.92 Å². The zero-order chi connectivity index (χ0) is 25.5. The van der Waals surface area contributed by atoms with Crippen LogP contribution in [0.5, 0.6) is 0 Å². The lowest BCUT2D eigenvalue weighted by Crippen LogP contribution is -2.57. The van der Waals surface area contributed by atoms with Crippen LogP contribution in [-0.2, 0) is 14.9 Å². The fourth-order valence-electron chi connectivity index (χ4n) is 4.08. The Morgan fingerprint density at radius 3 is 2.66 bits per heavy atom. The molecule has 2 aromatic rings. The van der Waals surface area contributed by atoms with E-state index in [1.165, 1.54) is 0 Å². The molecule has 0 bridgehead atoms. The van der Waals surface area contributed by atoms with Crippen molar-refractivity contribution in [2.24, 2.45) is 5.10 Å². The highest BCUT2D eigenvalue weighted by Crippen LogP contribution is 2.34. The molecule has 0 spiro atoms. The molecule has 2 aliphatic rings. The maximum Gasteiger partial charge on any atom is 0.405 e. The number of rotatable bonds is 5. The number of aliphatic hydroxyl groups excluding tert-OH is 1. The molecule has 12 heteroatoms. The van der Waals surface area contributed by atoms with Crippen molar-refractivity contribution in [1.82, 2.24) is 21.0 Å². The number of aromatic nitrogens is 1. The first-order valence-electron chi connectivity index (χ1n) is 11.3. The molecule has 1 fully saturated rings. The van der Waals surface area contributed by atoms with Gasteiger partial charge in [-0.2, -0.15) is 13.2 Å². The van der Waals surface area contributed by atoms with Crippen LogP contribution in [0.15, 0.2) is 23.3 Å². The number of piperidine rings is 1. The number of hydrogen-bond donors (Lipinski definition) is 5. The van der Waals surface area contributed by atoms with Gasteiger partial charge >= 0.3 is 6.18 Å². The zero-order valence-electron chi connectivity index (χ0n) is 19.9. The lowest BCUT2D eigenvalue weighted by atomic mass is 9.84. The molecule has 1 amide bonds. The van der Waals surface area contributed by atoms with Gasteiger partial charge in [-0.1, -0.05) is 20.8 Å². The number of hydrazone groups is 1. The van der Waals surface area contributed by atoms with Gasteiger partial charge in [0, 0.05) is 17.6 Å². The second-order valence-electron chi connectivity index (χ2n) is 9.86. The number of ether oxygens (including phenoxy) is 1. The molecule has 0 saturated carbocycles. The first kappa shape index (κ1) is 25.0. The summed E-state index contributed by atoms with van der Waals surface area (Å²) in [6.07, 6.45) is -5.53. The van der Waals surface area contributed by atoms with Gasteiger partial charge in [-0.15, -0.1) is 5.10 Å². The molecule has 9 nitrogen and oxygen atoms in total. The van der Waals surface area contributed by atoms with Crippen LogP contribution in [0.4, 0.5) is 18.9 Å². The highest BCUT2D eigenvalue weighted by Gasteiger charge is 2.32. The Morgan fingerprint density at radius 2 is 1.97 bits per heavy atom. The second kappa shape index (κ2) is 9.15. The van der Waals surface area contributed by atoms with E-state index in [0.717, 1.165) is 16.5 Å². The van der Waals surface area contributed by atoms with E-state index in [9.17, 15) is 23.1 Å². The van der Waals surface area contributed by atoms with Gasteiger partial charge in [0.1, 0.15) is 12.2 Å². The number of amides is 1. The summed E-state index contributed by atoms with van der Waals surface area (Å²) in [5.74, 6) is -0.0259. The minimum atomic E-state index is -4.33. The number of carbonyl (C=O) groups is 1. The number of carbonyl (C=O) groups excluding carboxylic acids is 1. The third kappa shape index (κ3) is 5.76. The van der Waals surface area contributed by atoms with Gasteiger partial charge < -0.3 is 20.5 Å². The van der Waals surface area contributed by atoms with Gasteiger partial charge in [0.05, 0.1) is 17.7 Å². The normalized spacial score (nSPS) is 22.9. The van der Waals surface area contributed by atoms with E-state index in [1.807, 2.05) is 27.7 Å². The lowest BCUT2D eigenvalue weighted by Gasteiger charge is -2.28. The van der Waals surface area contributed by atoms with E-state index in [4.69, 9.17) is 9.72 Å². The molecule has 1 aromatic heterocycles. The molecule has 4 rings (SSSR count). The molecule has 190 valence electrons. The maximum absolute atomic E-state index is 12.8. The molecule has 0 aliphatic carbocycles. The average Bonchev–Trinajstić information content (AvgIpc) is 3.22. The molecule has 1 aromatic carbocycles. The number of β-amino-alcohol motifs (C(OH)–C–C–N with tert-alkyl or cyclic N) is 1. The predicted octanol–water partition coefficient (Wildman–Crippen LogP) is 2.22. The highest BCUT2D eigenvalue weighted by molar-refractivity contribution is 5.98. The topological polar surface area (TPSA) is 120 Å². The summed E-state index contributed by atoms with van der Waals surface area (Å²) >= 11 is 0. The quantitative estimate of drug-likeness (QED) is 0.432. The third-order valence-electron chi connectivity index (χ3n) is 5.84. The minimum absolute atomic E-state index is 0.210. The molecule has 1 saturated heterocycles. The van der Waals surface area contributed by atoms with E-state index in [-0.39, 0.29) is 24.8 Å². The Labute approximate surface area is 200 Å². The Bertz CT molecular complexity index is 1160. The van der Waals surface area contributed by atoms with Gasteiger partial charge in [0.15, 0.2) is 0 Å². The number of alkyl halides is 3. The van der Waals surface area contributed by atoms with Crippen LogP contribution in [0.25, 0.3) is 10.9 Å².